The van der Waals surface area contributed by atoms with Crippen molar-refractivity contribution in [2.45, 2.75) is 44.7 Å². The van der Waals surface area contributed by atoms with E-state index in [0.29, 0.717) is 0 Å². The summed E-state index contributed by atoms with van der Waals surface area (Å²) in [6, 6.07) is 25.1. The highest BCUT2D eigenvalue weighted by atomic mass is 32.2. The standard InChI is InChI=1S/C27H32N2O3S/c1-3-18-29(20-23-8-6-5-7-9-23)21-24-10-14-25(15-11-24)28-27(30)19-22-12-16-26(17-13-22)33(31,32)4-2/h5-17H,3-4,18-21H2,1-2H3,(H,28,30)/p+1. The number of hydrogen-bond donors (Lipinski definition) is 2. The monoisotopic (exact) mass is 465 g/mol. The molecule has 0 aliphatic heterocycles. The number of sulfone groups is 1. The summed E-state index contributed by atoms with van der Waals surface area (Å²) < 4.78 is 23.8. The van der Waals surface area contributed by atoms with Crippen LogP contribution in [-0.4, -0.2) is 26.6 Å². The van der Waals surface area contributed by atoms with Crippen LogP contribution in [0.3, 0.4) is 0 Å². The lowest BCUT2D eigenvalue weighted by molar-refractivity contribution is -0.927. The molecule has 1 atom stereocenters. The van der Waals surface area contributed by atoms with Gasteiger partial charge in [-0.3, -0.25) is 4.79 Å². The van der Waals surface area contributed by atoms with Crippen molar-refractivity contribution in [1.82, 2.24) is 0 Å². The van der Waals surface area contributed by atoms with E-state index in [9.17, 15) is 13.2 Å². The molecule has 0 heterocycles. The van der Waals surface area contributed by atoms with Crippen LogP contribution in [0.15, 0.2) is 83.8 Å². The number of quaternary nitrogens is 1. The molecule has 0 aliphatic rings. The van der Waals surface area contributed by atoms with E-state index in [2.05, 4.69) is 48.6 Å². The van der Waals surface area contributed by atoms with Gasteiger partial charge in [-0.2, -0.15) is 0 Å². The Bertz CT molecular complexity index is 1130. The molecule has 0 bridgehead atoms. The number of carbonyl (C=O) groups excluding carboxylic acids is 1. The van der Waals surface area contributed by atoms with Crippen LogP contribution >= 0.6 is 0 Å². The molecule has 1 unspecified atom stereocenters. The maximum Gasteiger partial charge on any atom is 0.228 e. The second kappa shape index (κ2) is 11.8. The SMILES string of the molecule is CCC[NH+](Cc1ccccc1)Cc1ccc(NC(=O)Cc2ccc(S(=O)(=O)CC)cc2)cc1. The summed E-state index contributed by atoms with van der Waals surface area (Å²) in [4.78, 5) is 14.2. The molecular weight excluding hydrogens is 432 g/mol. The van der Waals surface area contributed by atoms with E-state index in [1.165, 1.54) is 16.0 Å². The van der Waals surface area contributed by atoms with Crippen molar-refractivity contribution in [3.63, 3.8) is 0 Å². The van der Waals surface area contributed by atoms with Gasteiger partial charge in [-0.05, 0) is 36.2 Å². The van der Waals surface area contributed by atoms with Crippen LogP contribution in [-0.2, 0) is 34.1 Å². The molecule has 0 saturated heterocycles. The number of hydrogen-bond acceptors (Lipinski definition) is 3. The van der Waals surface area contributed by atoms with Gasteiger partial charge in [-0.1, -0.05) is 68.4 Å². The van der Waals surface area contributed by atoms with Crippen molar-refractivity contribution in [1.29, 1.82) is 0 Å². The van der Waals surface area contributed by atoms with Gasteiger partial charge in [-0.15, -0.1) is 0 Å². The molecule has 174 valence electrons. The Labute approximate surface area is 197 Å². The van der Waals surface area contributed by atoms with Gasteiger partial charge in [0.05, 0.1) is 23.6 Å². The zero-order chi connectivity index (χ0) is 23.7. The second-order valence-electron chi connectivity index (χ2n) is 8.31. The van der Waals surface area contributed by atoms with Crippen LogP contribution in [0.25, 0.3) is 0 Å². The third kappa shape index (κ3) is 7.55. The molecule has 0 fully saturated rings. The van der Waals surface area contributed by atoms with Crippen molar-refractivity contribution in [3.05, 3.63) is 95.6 Å². The summed E-state index contributed by atoms with van der Waals surface area (Å²) in [5.41, 5.74) is 4.11. The lowest BCUT2D eigenvalue weighted by Gasteiger charge is -2.19. The highest BCUT2D eigenvalue weighted by Crippen LogP contribution is 2.14. The molecule has 0 saturated carbocycles. The van der Waals surface area contributed by atoms with Gasteiger partial charge in [0.25, 0.3) is 0 Å². The van der Waals surface area contributed by atoms with Crippen LogP contribution in [0.1, 0.15) is 37.0 Å². The van der Waals surface area contributed by atoms with E-state index >= 15 is 0 Å². The fourth-order valence-corrected chi connectivity index (χ4v) is 4.73. The molecule has 3 aromatic rings. The first-order chi connectivity index (χ1) is 15.9. The van der Waals surface area contributed by atoms with Crippen LogP contribution in [0.4, 0.5) is 5.69 Å². The first-order valence-electron chi connectivity index (χ1n) is 11.5. The molecule has 6 heteroatoms. The average molecular weight is 466 g/mol. The van der Waals surface area contributed by atoms with Gasteiger partial charge in [0.2, 0.25) is 5.91 Å². The third-order valence-corrected chi connectivity index (χ3v) is 7.37. The van der Waals surface area contributed by atoms with Gasteiger partial charge in [0.1, 0.15) is 13.1 Å². The van der Waals surface area contributed by atoms with Crippen molar-refractivity contribution in [3.8, 4) is 0 Å². The summed E-state index contributed by atoms with van der Waals surface area (Å²) >= 11 is 0. The number of carbonyl (C=O) groups is 1. The fraction of sp³-hybridized carbons (Fsp3) is 0.296. The number of rotatable bonds is 11. The maximum atomic E-state index is 12.4. The van der Waals surface area contributed by atoms with Crippen molar-refractivity contribution >= 4 is 21.4 Å². The van der Waals surface area contributed by atoms with Crippen LogP contribution < -0.4 is 10.2 Å². The van der Waals surface area contributed by atoms with Crippen LogP contribution in [0, 0.1) is 0 Å². The van der Waals surface area contributed by atoms with E-state index in [-0.39, 0.29) is 23.0 Å². The Morgan fingerprint density at radius 1 is 0.788 bits per heavy atom. The molecule has 1 amide bonds. The number of anilines is 1. The van der Waals surface area contributed by atoms with Gasteiger partial charge >= 0.3 is 0 Å². The minimum Gasteiger partial charge on any atom is -0.327 e. The van der Waals surface area contributed by atoms with Crippen molar-refractivity contribution in [2.24, 2.45) is 0 Å². The topological polar surface area (TPSA) is 67.7 Å². The molecule has 0 spiro atoms. The molecule has 2 N–H and O–H groups in total. The summed E-state index contributed by atoms with van der Waals surface area (Å²) in [5.74, 6) is -0.0663. The Balaban J connectivity index is 1.55. The molecular formula is C27H33N2O3S+. The molecule has 3 rings (SSSR count). The molecule has 0 aromatic heterocycles. The Morgan fingerprint density at radius 3 is 1.94 bits per heavy atom. The van der Waals surface area contributed by atoms with E-state index in [4.69, 9.17) is 0 Å². The zero-order valence-electron chi connectivity index (χ0n) is 19.4. The minimum absolute atomic E-state index is 0.0623. The molecule has 33 heavy (non-hydrogen) atoms. The normalized spacial score (nSPS) is 12.3. The number of nitrogens with one attached hydrogen (secondary N) is 2. The second-order valence-corrected chi connectivity index (χ2v) is 10.6. The van der Waals surface area contributed by atoms with Crippen LogP contribution in [0.5, 0.6) is 0 Å². The molecule has 0 aliphatic carbocycles. The van der Waals surface area contributed by atoms with Crippen molar-refractivity contribution in [2.75, 3.05) is 17.6 Å². The smallest absolute Gasteiger partial charge is 0.228 e. The van der Waals surface area contributed by atoms with Gasteiger partial charge in [-0.25, -0.2) is 8.42 Å². The summed E-state index contributed by atoms with van der Waals surface area (Å²) in [6.45, 7) is 6.86. The highest BCUT2D eigenvalue weighted by Gasteiger charge is 2.13. The number of benzene rings is 3. The van der Waals surface area contributed by atoms with E-state index in [1.807, 2.05) is 18.2 Å². The summed E-state index contributed by atoms with van der Waals surface area (Å²) in [6.07, 6.45) is 1.32. The van der Waals surface area contributed by atoms with Crippen molar-refractivity contribution < 1.29 is 18.1 Å². The van der Waals surface area contributed by atoms with Gasteiger partial charge < -0.3 is 10.2 Å². The van der Waals surface area contributed by atoms with E-state index < -0.39 is 9.84 Å². The average Bonchev–Trinajstić information content (AvgIpc) is 2.81. The lowest BCUT2D eigenvalue weighted by Crippen LogP contribution is -3.09. The third-order valence-electron chi connectivity index (χ3n) is 5.62. The molecule has 0 radical (unpaired) electrons. The van der Waals surface area contributed by atoms with Gasteiger partial charge in [0.15, 0.2) is 9.84 Å². The Morgan fingerprint density at radius 2 is 1.36 bits per heavy atom. The highest BCUT2D eigenvalue weighted by molar-refractivity contribution is 7.91. The number of amides is 1. The predicted octanol–water partition coefficient (Wildman–Crippen LogP) is 3.66. The molecule has 3 aromatic carbocycles. The fourth-order valence-electron chi connectivity index (χ4n) is 3.84. The first kappa shape index (κ1) is 24.7. The predicted molar refractivity (Wildman–Crippen MR) is 133 cm³/mol. The van der Waals surface area contributed by atoms with E-state index in [1.54, 1.807) is 31.2 Å². The van der Waals surface area contributed by atoms with Crippen LogP contribution in [0.2, 0.25) is 0 Å². The zero-order valence-corrected chi connectivity index (χ0v) is 20.2. The van der Waals surface area contributed by atoms with E-state index in [0.717, 1.165) is 37.3 Å². The Kier molecular flexibility index (Phi) is 8.80. The first-order valence-corrected chi connectivity index (χ1v) is 13.1. The summed E-state index contributed by atoms with van der Waals surface area (Å²) in [5, 5.41) is 2.93. The lowest BCUT2D eigenvalue weighted by atomic mass is 10.1. The summed E-state index contributed by atoms with van der Waals surface area (Å²) in [7, 11) is -3.23. The minimum atomic E-state index is -3.23. The maximum absolute atomic E-state index is 12.4. The largest absolute Gasteiger partial charge is 0.327 e. The quantitative estimate of drug-likeness (QED) is 0.454. The molecule has 5 nitrogen and oxygen atoms in total. The Hall–Kier alpha value is -2.96. The van der Waals surface area contributed by atoms with Gasteiger partial charge in [0, 0.05) is 16.8 Å².